The summed E-state index contributed by atoms with van der Waals surface area (Å²) in [6.45, 7) is 1.88. The van der Waals surface area contributed by atoms with Crippen molar-refractivity contribution in [3.05, 3.63) is 0 Å². The Labute approximate surface area is 119 Å². The van der Waals surface area contributed by atoms with Crippen LogP contribution in [-0.2, 0) is 19.1 Å². The Morgan fingerprint density at radius 2 is 2.00 bits per heavy atom. The number of carboxylic acid groups (broad SMARTS) is 1. The fourth-order valence-corrected chi connectivity index (χ4v) is 1.48. The maximum atomic E-state index is 11.4. The van der Waals surface area contributed by atoms with Crippen molar-refractivity contribution in [2.24, 2.45) is 5.84 Å². The molecule has 8 nitrogen and oxygen atoms in total. The maximum absolute atomic E-state index is 11.4. The molecule has 1 amide bonds. The van der Waals surface area contributed by atoms with Crippen LogP contribution in [0.15, 0.2) is 0 Å². The van der Waals surface area contributed by atoms with Crippen molar-refractivity contribution in [2.75, 3.05) is 33.5 Å². The molecular weight excluding hydrogens is 266 g/mol. The first-order chi connectivity index (χ1) is 9.61. The number of nitrogens with one attached hydrogen (secondary N) is 2. The molecule has 0 saturated heterocycles. The number of nitrogens with two attached hydrogens (primary N) is 1. The third-order valence-electron chi connectivity index (χ3n) is 2.65. The molecule has 0 rings (SSSR count). The average Bonchev–Trinajstić information content (AvgIpc) is 2.42. The van der Waals surface area contributed by atoms with Crippen molar-refractivity contribution in [3.63, 3.8) is 0 Å². The monoisotopic (exact) mass is 291 g/mol. The first-order valence-electron chi connectivity index (χ1n) is 6.64. The summed E-state index contributed by atoms with van der Waals surface area (Å²) in [4.78, 5) is 22.0. The van der Waals surface area contributed by atoms with Crippen LogP contribution in [0.25, 0.3) is 0 Å². The minimum atomic E-state index is -0.968. The van der Waals surface area contributed by atoms with E-state index < -0.39 is 12.0 Å². The molecule has 0 radical (unpaired) electrons. The number of carboxylic acids is 1. The molecule has 0 saturated carbocycles. The maximum Gasteiger partial charge on any atom is 0.322 e. The fourth-order valence-electron chi connectivity index (χ4n) is 1.48. The van der Waals surface area contributed by atoms with Crippen LogP contribution in [0, 0.1) is 0 Å². The van der Waals surface area contributed by atoms with Gasteiger partial charge in [-0.15, -0.1) is 0 Å². The highest BCUT2D eigenvalue weighted by atomic mass is 16.5. The molecular formula is C12H25N3O5. The summed E-state index contributed by atoms with van der Waals surface area (Å²) < 4.78 is 9.98. The van der Waals surface area contributed by atoms with Gasteiger partial charge in [0.2, 0.25) is 5.91 Å². The lowest BCUT2D eigenvalue weighted by molar-refractivity contribution is -0.139. The van der Waals surface area contributed by atoms with E-state index in [1.54, 1.807) is 7.11 Å². The number of hydrazine groups is 1. The van der Waals surface area contributed by atoms with Gasteiger partial charge in [-0.2, -0.15) is 0 Å². The molecule has 1 atom stereocenters. The molecule has 0 aliphatic heterocycles. The topological polar surface area (TPSA) is 123 Å². The first kappa shape index (κ1) is 18.8. The Morgan fingerprint density at radius 1 is 1.25 bits per heavy atom. The van der Waals surface area contributed by atoms with Gasteiger partial charge in [-0.3, -0.25) is 15.4 Å². The van der Waals surface area contributed by atoms with Gasteiger partial charge in [0.1, 0.15) is 6.04 Å². The average molecular weight is 291 g/mol. The van der Waals surface area contributed by atoms with Crippen LogP contribution in [0.5, 0.6) is 0 Å². The number of hydrogen-bond donors (Lipinski definition) is 4. The van der Waals surface area contributed by atoms with Crippen molar-refractivity contribution in [3.8, 4) is 0 Å². The third kappa shape index (κ3) is 10.7. The van der Waals surface area contributed by atoms with Gasteiger partial charge in [0, 0.05) is 20.1 Å². The lowest BCUT2D eigenvalue weighted by Crippen LogP contribution is -2.41. The molecule has 0 aromatic heterocycles. The lowest BCUT2D eigenvalue weighted by Gasteiger charge is -2.10. The molecule has 118 valence electrons. The molecule has 0 aromatic carbocycles. The van der Waals surface area contributed by atoms with Gasteiger partial charge in [-0.05, 0) is 19.3 Å². The van der Waals surface area contributed by atoms with Gasteiger partial charge in [0.25, 0.3) is 0 Å². The summed E-state index contributed by atoms with van der Waals surface area (Å²) in [5, 5.41) is 11.5. The Hall–Kier alpha value is -1.22. The van der Waals surface area contributed by atoms with Crippen molar-refractivity contribution in [2.45, 2.75) is 31.7 Å². The molecule has 5 N–H and O–H groups in total. The van der Waals surface area contributed by atoms with Crippen LogP contribution >= 0.6 is 0 Å². The summed E-state index contributed by atoms with van der Waals surface area (Å²) >= 11 is 0. The van der Waals surface area contributed by atoms with Gasteiger partial charge in [0.15, 0.2) is 0 Å². The number of rotatable bonds is 13. The van der Waals surface area contributed by atoms with Crippen LogP contribution in [0.3, 0.4) is 0 Å². The first-order valence-corrected chi connectivity index (χ1v) is 6.64. The highest BCUT2D eigenvalue weighted by molar-refractivity contribution is 5.75. The van der Waals surface area contributed by atoms with Gasteiger partial charge in [0.05, 0.1) is 19.8 Å². The SMILES string of the molecule is COCCOCCC(=O)NCCCC[C@H](NN)C(=O)O. The molecule has 0 bridgehead atoms. The Balaban J connectivity index is 3.41. The normalized spacial score (nSPS) is 12.1. The van der Waals surface area contributed by atoms with Crippen molar-refractivity contribution < 1.29 is 24.2 Å². The number of carbonyl (C=O) groups is 2. The van der Waals surface area contributed by atoms with Gasteiger partial charge in [-0.25, -0.2) is 5.43 Å². The zero-order valence-electron chi connectivity index (χ0n) is 11.9. The number of ether oxygens (including phenoxy) is 2. The smallest absolute Gasteiger partial charge is 0.322 e. The van der Waals surface area contributed by atoms with Crippen LogP contribution < -0.4 is 16.6 Å². The zero-order chi connectivity index (χ0) is 15.2. The van der Waals surface area contributed by atoms with Crippen LogP contribution in [0.2, 0.25) is 0 Å². The molecule has 0 fully saturated rings. The number of aliphatic carboxylic acids is 1. The zero-order valence-corrected chi connectivity index (χ0v) is 11.9. The van der Waals surface area contributed by atoms with Gasteiger partial charge >= 0.3 is 5.97 Å². The quantitative estimate of drug-likeness (QED) is 0.200. The molecule has 0 unspecified atom stereocenters. The highest BCUT2D eigenvalue weighted by Crippen LogP contribution is 1.99. The van der Waals surface area contributed by atoms with E-state index in [4.69, 9.17) is 20.4 Å². The number of hydrogen-bond acceptors (Lipinski definition) is 6. The number of methoxy groups -OCH3 is 1. The number of unbranched alkanes of at least 4 members (excludes halogenated alkanes) is 1. The third-order valence-corrected chi connectivity index (χ3v) is 2.65. The molecule has 20 heavy (non-hydrogen) atoms. The minimum Gasteiger partial charge on any atom is -0.480 e. The minimum absolute atomic E-state index is 0.0749. The van der Waals surface area contributed by atoms with Crippen LogP contribution in [-0.4, -0.2) is 56.5 Å². The summed E-state index contributed by atoms with van der Waals surface area (Å²) in [6.07, 6.45) is 2.13. The number of carbonyl (C=O) groups excluding carboxylic acids is 1. The lowest BCUT2D eigenvalue weighted by atomic mass is 10.1. The molecule has 8 heteroatoms. The van der Waals surface area contributed by atoms with E-state index in [2.05, 4.69) is 10.7 Å². The van der Waals surface area contributed by atoms with E-state index in [0.717, 1.165) is 0 Å². The van der Waals surface area contributed by atoms with Crippen LogP contribution in [0.1, 0.15) is 25.7 Å². The number of amides is 1. The van der Waals surface area contributed by atoms with E-state index >= 15 is 0 Å². The summed E-state index contributed by atoms with van der Waals surface area (Å²) in [5.41, 5.74) is 2.23. The Kier molecular flexibility index (Phi) is 12.0. The van der Waals surface area contributed by atoms with Crippen molar-refractivity contribution in [1.82, 2.24) is 10.7 Å². The second-order valence-electron chi connectivity index (χ2n) is 4.26. The van der Waals surface area contributed by atoms with E-state index in [1.807, 2.05) is 0 Å². The van der Waals surface area contributed by atoms with Gasteiger partial charge < -0.3 is 19.9 Å². The van der Waals surface area contributed by atoms with Crippen molar-refractivity contribution >= 4 is 11.9 Å². The standard InChI is InChI=1S/C12H25N3O5/c1-19-8-9-20-7-5-11(16)14-6-3-2-4-10(15-13)12(17)18/h10,15H,2-9,13H2,1H3,(H,14,16)(H,17,18)/t10-/m0/s1. The highest BCUT2D eigenvalue weighted by Gasteiger charge is 2.13. The summed E-state index contributed by atoms with van der Waals surface area (Å²) in [6, 6.07) is -0.736. The largest absolute Gasteiger partial charge is 0.480 e. The molecule has 0 spiro atoms. The van der Waals surface area contributed by atoms with Gasteiger partial charge in [-0.1, -0.05) is 0 Å². The van der Waals surface area contributed by atoms with E-state index in [9.17, 15) is 9.59 Å². The predicted molar refractivity (Wildman–Crippen MR) is 72.9 cm³/mol. The van der Waals surface area contributed by atoms with Crippen LogP contribution in [0.4, 0.5) is 0 Å². The molecule has 0 aliphatic rings. The second-order valence-corrected chi connectivity index (χ2v) is 4.26. The fraction of sp³-hybridized carbons (Fsp3) is 0.833. The van der Waals surface area contributed by atoms with E-state index in [1.165, 1.54) is 0 Å². The second kappa shape index (κ2) is 12.8. The Bertz CT molecular complexity index is 276. The van der Waals surface area contributed by atoms with E-state index in [-0.39, 0.29) is 5.91 Å². The molecule has 0 heterocycles. The predicted octanol–water partition coefficient (Wildman–Crippen LogP) is -0.757. The molecule has 0 aliphatic carbocycles. The summed E-state index contributed by atoms with van der Waals surface area (Å²) in [7, 11) is 1.59. The van der Waals surface area contributed by atoms with E-state index in [0.29, 0.717) is 52.0 Å². The van der Waals surface area contributed by atoms with Crippen molar-refractivity contribution in [1.29, 1.82) is 0 Å². The summed E-state index contributed by atoms with van der Waals surface area (Å²) in [5.74, 6) is 4.06. The Morgan fingerprint density at radius 3 is 2.60 bits per heavy atom. The molecule has 0 aromatic rings.